The van der Waals surface area contributed by atoms with Crippen molar-refractivity contribution >= 4 is 12.0 Å². The van der Waals surface area contributed by atoms with E-state index in [1.54, 1.807) is 11.8 Å². The number of carbonyl (C=O) groups excluding carboxylic acids is 1. The van der Waals surface area contributed by atoms with Gasteiger partial charge in [-0.1, -0.05) is 19.3 Å². The molecule has 19 heavy (non-hydrogen) atoms. The summed E-state index contributed by atoms with van der Waals surface area (Å²) in [5.74, 6) is 4.75. The van der Waals surface area contributed by atoms with Crippen LogP contribution in [0.15, 0.2) is 0 Å². The molecule has 0 aromatic heterocycles. The Hall–Kier alpha value is -1.70. The van der Waals surface area contributed by atoms with Crippen molar-refractivity contribution in [2.75, 3.05) is 19.6 Å². The molecule has 1 saturated heterocycles. The highest BCUT2D eigenvalue weighted by molar-refractivity contribution is 5.77. The summed E-state index contributed by atoms with van der Waals surface area (Å²) < 4.78 is 0. The number of urea groups is 1. The minimum absolute atomic E-state index is 0.154. The van der Waals surface area contributed by atoms with Gasteiger partial charge >= 0.3 is 12.0 Å². The Morgan fingerprint density at radius 3 is 2.47 bits per heavy atom. The number of piperidine rings is 1. The smallest absolute Gasteiger partial charge is 0.318 e. The highest BCUT2D eigenvalue weighted by atomic mass is 16.4. The van der Waals surface area contributed by atoms with E-state index in [0.29, 0.717) is 38.9 Å². The van der Waals surface area contributed by atoms with Gasteiger partial charge in [0.25, 0.3) is 0 Å². The van der Waals surface area contributed by atoms with Crippen molar-refractivity contribution in [2.45, 2.75) is 39.5 Å². The summed E-state index contributed by atoms with van der Waals surface area (Å²) in [5, 5.41) is 12.1. The molecule has 5 heteroatoms. The first kappa shape index (κ1) is 15.4. The quantitative estimate of drug-likeness (QED) is 0.761. The molecule has 0 atom stereocenters. The predicted octanol–water partition coefficient (Wildman–Crippen LogP) is 1.69. The van der Waals surface area contributed by atoms with Crippen molar-refractivity contribution in [3.05, 3.63) is 0 Å². The zero-order chi connectivity index (χ0) is 14.3. The van der Waals surface area contributed by atoms with E-state index in [1.165, 1.54) is 0 Å². The second-order valence-corrected chi connectivity index (χ2v) is 4.91. The molecule has 0 unspecified atom stereocenters. The number of nitrogens with one attached hydrogen (secondary N) is 1. The van der Waals surface area contributed by atoms with Gasteiger partial charge in [-0.3, -0.25) is 4.79 Å². The lowest BCUT2D eigenvalue weighted by atomic mass is 9.75. The van der Waals surface area contributed by atoms with Gasteiger partial charge in [0.2, 0.25) is 0 Å². The molecule has 1 aliphatic heterocycles. The molecule has 0 aromatic carbocycles. The molecule has 1 rings (SSSR count). The van der Waals surface area contributed by atoms with Gasteiger partial charge in [0, 0.05) is 13.1 Å². The minimum atomic E-state index is -0.730. The molecular formula is C14H22N2O3. The van der Waals surface area contributed by atoms with Crippen LogP contribution in [0.5, 0.6) is 0 Å². The Labute approximate surface area is 114 Å². The molecule has 2 N–H and O–H groups in total. The average Bonchev–Trinajstić information content (AvgIpc) is 2.40. The van der Waals surface area contributed by atoms with Crippen LogP contribution in [0, 0.1) is 17.3 Å². The van der Waals surface area contributed by atoms with Gasteiger partial charge in [0.05, 0.1) is 12.0 Å². The molecule has 2 amide bonds. The average molecular weight is 266 g/mol. The molecule has 0 aliphatic carbocycles. The van der Waals surface area contributed by atoms with Crippen molar-refractivity contribution in [1.82, 2.24) is 10.2 Å². The predicted molar refractivity (Wildman–Crippen MR) is 72.6 cm³/mol. The molecule has 5 nitrogen and oxygen atoms in total. The lowest BCUT2D eigenvalue weighted by Crippen LogP contribution is -2.49. The molecule has 0 bridgehead atoms. The summed E-state index contributed by atoms with van der Waals surface area (Å²) in [7, 11) is 0. The summed E-state index contributed by atoms with van der Waals surface area (Å²) in [4.78, 5) is 24.9. The number of carboxylic acids is 1. The van der Waals surface area contributed by atoms with Crippen molar-refractivity contribution < 1.29 is 14.7 Å². The molecule has 0 spiro atoms. The zero-order valence-corrected chi connectivity index (χ0v) is 11.7. The summed E-state index contributed by atoms with van der Waals surface area (Å²) in [5.41, 5.74) is -0.644. The van der Waals surface area contributed by atoms with E-state index in [4.69, 9.17) is 0 Å². The maximum atomic E-state index is 11.8. The summed E-state index contributed by atoms with van der Waals surface area (Å²) >= 11 is 0. The second-order valence-electron chi connectivity index (χ2n) is 4.91. The molecule has 0 radical (unpaired) electrons. The maximum absolute atomic E-state index is 11.8. The minimum Gasteiger partial charge on any atom is -0.481 e. The third-order valence-electron chi connectivity index (χ3n) is 3.69. The zero-order valence-electron chi connectivity index (χ0n) is 11.7. The number of amides is 2. The van der Waals surface area contributed by atoms with Gasteiger partial charge in [-0.05, 0) is 26.2 Å². The Bertz CT molecular complexity index is 387. The van der Waals surface area contributed by atoms with E-state index in [2.05, 4.69) is 17.2 Å². The van der Waals surface area contributed by atoms with Gasteiger partial charge in [-0.15, -0.1) is 5.92 Å². The Morgan fingerprint density at radius 1 is 1.37 bits per heavy atom. The topological polar surface area (TPSA) is 69.6 Å². The van der Waals surface area contributed by atoms with E-state index in [0.717, 1.165) is 6.42 Å². The van der Waals surface area contributed by atoms with Crippen LogP contribution < -0.4 is 5.32 Å². The molecule has 106 valence electrons. The number of rotatable bonds is 4. The first-order chi connectivity index (χ1) is 9.05. The molecule has 0 aromatic rings. The fourth-order valence-corrected chi connectivity index (χ4v) is 2.51. The Balaban J connectivity index is 2.52. The van der Waals surface area contributed by atoms with Crippen LogP contribution in [0.3, 0.4) is 0 Å². The van der Waals surface area contributed by atoms with E-state index < -0.39 is 11.4 Å². The van der Waals surface area contributed by atoms with Crippen LogP contribution in [0.4, 0.5) is 4.79 Å². The van der Waals surface area contributed by atoms with Crippen LogP contribution >= 0.6 is 0 Å². The van der Waals surface area contributed by atoms with E-state index >= 15 is 0 Å². The van der Waals surface area contributed by atoms with Gasteiger partial charge < -0.3 is 15.3 Å². The Kier molecular flexibility index (Phi) is 5.68. The van der Waals surface area contributed by atoms with E-state index in [-0.39, 0.29) is 6.03 Å². The fraction of sp³-hybridized carbons (Fsp3) is 0.714. The van der Waals surface area contributed by atoms with E-state index in [1.807, 2.05) is 6.92 Å². The number of likely N-dealkylation sites (tertiary alicyclic amines) is 1. The molecule has 1 heterocycles. The van der Waals surface area contributed by atoms with Crippen molar-refractivity contribution in [2.24, 2.45) is 5.41 Å². The normalized spacial score (nSPS) is 17.3. The Morgan fingerprint density at radius 2 is 2.00 bits per heavy atom. The first-order valence-corrected chi connectivity index (χ1v) is 6.71. The fourth-order valence-electron chi connectivity index (χ4n) is 2.51. The molecule has 0 saturated carbocycles. The number of carboxylic acid groups (broad SMARTS) is 1. The number of hydrogen-bond acceptors (Lipinski definition) is 2. The van der Waals surface area contributed by atoms with Crippen molar-refractivity contribution in [3.8, 4) is 11.8 Å². The summed E-state index contributed by atoms with van der Waals surface area (Å²) in [6.07, 6.45) is 2.59. The number of hydrogen-bond donors (Lipinski definition) is 2. The molecular weight excluding hydrogens is 244 g/mol. The van der Waals surface area contributed by atoms with Crippen LogP contribution in [0.1, 0.15) is 39.5 Å². The van der Waals surface area contributed by atoms with Crippen LogP contribution in [-0.4, -0.2) is 41.6 Å². The second kappa shape index (κ2) is 7.03. The number of aliphatic carboxylic acids is 1. The number of nitrogens with zero attached hydrogens (tertiary/aromatic N) is 1. The van der Waals surface area contributed by atoms with Gasteiger partial charge in [-0.25, -0.2) is 4.79 Å². The standard InChI is InChI=1S/C14H22N2O3/c1-3-5-9-15-13(19)16-10-7-14(6-4-2,8-11-16)12(17)18/h4,6-11H2,1-2H3,(H,15,19)(H,17,18). The van der Waals surface area contributed by atoms with E-state index in [9.17, 15) is 14.7 Å². The van der Waals surface area contributed by atoms with Gasteiger partial charge in [0.15, 0.2) is 0 Å². The monoisotopic (exact) mass is 266 g/mol. The highest BCUT2D eigenvalue weighted by Crippen LogP contribution is 2.36. The van der Waals surface area contributed by atoms with Crippen molar-refractivity contribution in [1.29, 1.82) is 0 Å². The lowest BCUT2D eigenvalue weighted by Gasteiger charge is -2.38. The lowest BCUT2D eigenvalue weighted by molar-refractivity contribution is -0.152. The summed E-state index contributed by atoms with van der Waals surface area (Å²) in [6, 6.07) is -0.154. The highest BCUT2D eigenvalue weighted by Gasteiger charge is 2.41. The SMILES string of the molecule is CC#CCNC(=O)N1CCC(CCC)(C(=O)O)CC1. The summed E-state index contributed by atoms with van der Waals surface area (Å²) in [6.45, 7) is 5.05. The van der Waals surface area contributed by atoms with Crippen LogP contribution in [0.25, 0.3) is 0 Å². The molecule has 1 aliphatic rings. The largest absolute Gasteiger partial charge is 0.481 e. The van der Waals surface area contributed by atoms with Gasteiger partial charge in [0.1, 0.15) is 0 Å². The third kappa shape index (κ3) is 3.88. The van der Waals surface area contributed by atoms with Crippen molar-refractivity contribution in [3.63, 3.8) is 0 Å². The first-order valence-electron chi connectivity index (χ1n) is 6.71. The third-order valence-corrected chi connectivity index (χ3v) is 3.69. The number of carbonyl (C=O) groups is 2. The van der Waals surface area contributed by atoms with Gasteiger partial charge in [-0.2, -0.15) is 0 Å². The van der Waals surface area contributed by atoms with Crippen LogP contribution in [0.2, 0.25) is 0 Å². The molecule has 1 fully saturated rings. The van der Waals surface area contributed by atoms with Crippen LogP contribution in [-0.2, 0) is 4.79 Å². The maximum Gasteiger partial charge on any atom is 0.318 e.